The van der Waals surface area contributed by atoms with Crippen LogP contribution < -0.4 is 5.73 Å². The van der Waals surface area contributed by atoms with E-state index in [1.165, 1.54) is 12.1 Å². The topological polar surface area (TPSA) is 69.2 Å². The molecule has 5 heteroatoms. The zero-order valence-electron chi connectivity index (χ0n) is 8.02. The van der Waals surface area contributed by atoms with Crippen LogP contribution in [0.2, 0.25) is 5.02 Å². The predicted molar refractivity (Wildman–Crippen MR) is 57.8 cm³/mol. The van der Waals surface area contributed by atoms with E-state index in [9.17, 15) is 10.1 Å². The van der Waals surface area contributed by atoms with Crippen molar-refractivity contribution in [2.45, 2.75) is 18.9 Å². The molecule has 2 N–H and O–H groups in total. The van der Waals surface area contributed by atoms with Gasteiger partial charge in [0, 0.05) is 22.7 Å². The number of hydrogen-bond acceptors (Lipinski definition) is 3. The Morgan fingerprint density at radius 1 is 1.53 bits per heavy atom. The normalized spacial score (nSPS) is 17.5. The van der Waals surface area contributed by atoms with Crippen molar-refractivity contribution in [1.82, 2.24) is 0 Å². The van der Waals surface area contributed by atoms with E-state index in [1.807, 2.05) is 0 Å². The van der Waals surface area contributed by atoms with Gasteiger partial charge >= 0.3 is 0 Å². The summed E-state index contributed by atoms with van der Waals surface area (Å²) in [5.41, 5.74) is 6.56. The molecule has 0 aromatic heterocycles. The standard InChI is InChI=1S/C10H11ClN2O2/c11-7-3-4-9(13(14)15)8(5-7)10(12)6-1-2-6/h3-6,10H,1-2,12H2/t10-/m0/s1. The van der Waals surface area contributed by atoms with Crippen molar-refractivity contribution in [3.05, 3.63) is 38.9 Å². The van der Waals surface area contributed by atoms with E-state index < -0.39 is 4.92 Å². The molecule has 1 saturated carbocycles. The molecule has 80 valence electrons. The third kappa shape index (κ3) is 2.11. The van der Waals surface area contributed by atoms with E-state index in [4.69, 9.17) is 17.3 Å². The Labute approximate surface area is 92.2 Å². The first-order valence-corrected chi connectivity index (χ1v) is 5.17. The molecule has 0 spiro atoms. The second-order valence-electron chi connectivity index (χ2n) is 3.82. The summed E-state index contributed by atoms with van der Waals surface area (Å²) in [5, 5.41) is 11.3. The number of hydrogen-bond donors (Lipinski definition) is 1. The Balaban J connectivity index is 2.41. The summed E-state index contributed by atoms with van der Waals surface area (Å²) in [5.74, 6) is 0.377. The largest absolute Gasteiger partial charge is 0.324 e. The Morgan fingerprint density at radius 2 is 2.20 bits per heavy atom. The molecule has 15 heavy (non-hydrogen) atoms. The van der Waals surface area contributed by atoms with Crippen molar-refractivity contribution in [2.24, 2.45) is 11.7 Å². The summed E-state index contributed by atoms with van der Waals surface area (Å²) in [6.45, 7) is 0. The fourth-order valence-corrected chi connectivity index (χ4v) is 1.85. The van der Waals surface area contributed by atoms with Gasteiger partial charge in [0.05, 0.1) is 4.92 Å². The van der Waals surface area contributed by atoms with Crippen molar-refractivity contribution in [3.63, 3.8) is 0 Å². The van der Waals surface area contributed by atoms with E-state index in [-0.39, 0.29) is 11.7 Å². The van der Waals surface area contributed by atoms with Gasteiger partial charge in [-0.2, -0.15) is 0 Å². The van der Waals surface area contributed by atoms with Gasteiger partial charge in [0.25, 0.3) is 5.69 Å². The monoisotopic (exact) mass is 226 g/mol. The van der Waals surface area contributed by atoms with Gasteiger partial charge in [-0.3, -0.25) is 10.1 Å². The molecule has 0 amide bonds. The Kier molecular flexibility index (Phi) is 2.63. The van der Waals surface area contributed by atoms with Gasteiger partial charge in [0.15, 0.2) is 0 Å². The second kappa shape index (κ2) is 3.79. The van der Waals surface area contributed by atoms with Crippen LogP contribution in [0.15, 0.2) is 18.2 Å². The zero-order chi connectivity index (χ0) is 11.0. The van der Waals surface area contributed by atoms with Crippen molar-refractivity contribution in [2.75, 3.05) is 0 Å². The first-order chi connectivity index (χ1) is 7.09. The highest BCUT2D eigenvalue weighted by molar-refractivity contribution is 6.30. The maximum absolute atomic E-state index is 10.8. The molecule has 0 unspecified atom stereocenters. The third-order valence-electron chi connectivity index (χ3n) is 2.68. The molecule has 1 aliphatic rings. The highest BCUT2D eigenvalue weighted by Crippen LogP contribution is 2.42. The lowest BCUT2D eigenvalue weighted by molar-refractivity contribution is -0.385. The molecule has 1 fully saturated rings. The number of benzene rings is 1. The lowest BCUT2D eigenvalue weighted by atomic mass is 10.0. The average molecular weight is 227 g/mol. The van der Waals surface area contributed by atoms with E-state index >= 15 is 0 Å². The van der Waals surface area contributed by atoms with Crippen LogP contribution in [-0.4, -0.2) is 4.92 Å². The van der Waals surface area contributed by atoms with Gasteiger partial charge in [-0.05, 0) is 30.9 Å². The molecular weight excluding hydrogens is 216 g/mol. The summed E-state index contributed by atoms with van der Waals surface area (Å²) in [4.78, 5) is 10.4. The molecule has 1 aromatic carbocycles. The highest BCUT2D eigenvalue weighted by Gasteiger charge is 2.33. The van der Waals surface area contributed by atoms with Crippen molar-refractivity contribution < 1.29 is 4.92 Å². The number of nitrogens with zero attached hydrogens (tertiary/aromatic N) is 1. The fourth-order valence-electron chi connectivity index (χ4n) is 1.67. The smallest absolute Gasteiger partial charge is 0.274 e. The molecule has 2 rings (SSSR count). The molecule has 1 aliphatic carbocycles. The molecule has 4 nitrogen and oxygen atoms in total. The van der Waals surface area contributed by atoms with Crippen LogP contribution >= 0.6 is 11.6 Å². The molecule has 1 aromatic rings. The molecule has 0 aliphatic heterocycles. The molecule has 0 heterocycles. The van der Waals surface area contributed by atoms with E-state index in [0.29, 0.717) is 16.5 Å². The second-order valence-corrected chi connectivity index (χ2v) is 4.26. The fraction of sp³-hybridized carbons (Fsp3) is 0.400. The quantitative estimate of drug-likeness (QED) is 0.636. The van der Waals surface area contributed by atoms with Crippen LogP contribution in [0.25, 0.3) is 0 Å². The number of nitrogens with two attached hydrogens (primary N) is 1. The summed E-state index contributed by atoms with van der Waals surface area (Å²) >= 11 is 5.81. The van der Waals surface area contributed by atoms with Crippen molar-refractivity contribution in [3.8, 4) is 0 Å². The van der Waals surface area contributed by atoms with Gasteiger partial charge < -0.3 is 5.73 Å². The lowest BCUT2D eigenvalue weighted by Crippen LogP contribution is -2.14. The molecule has 1 atom stereocenters. The first kappa shape index (κ1) is 10.4. The van der Waals surface area contributed by atoms with E-state index in [1.54, 1.807) is 6.07 Å². The average Bonchev–Trinajstić information content (AvgIpc) is 2.99. The van der Waals surface area contributed by atoms with Crippen LogP contribution in [0.4, 0.5) is 5.69 Å². The summed E-state index contributed by atoms with van der Waals surface area (Å²) in [7, 11) is 0. The van der Waals surface area contributed by atoms with E-state index in [2.05, 4.69) is 0 Å². The van der Waals surface area contributed by atoms with Gasteiger partial charge in [-0.25, -0.2) is 0 Å². The molecule has 0 saturated heterocycles. The van der Waals surface area contributed by atoms with E-state index in [0.717, 1.165) is 12.8 Å². The summed E-state index contributed by atoms with van der Waals surface area (Å²) < 4.78 is 0. The number of nitro groups is 1. The predicted octanol–water partition coefficient (Wildman–Crippen LogP) is 2.66. The maximum Gasteiger partial charge on any atom is 0.274 e. The minimum atomic E-state index is -0.409. The lowest BCUT2D eigenvalue weighted by Gasteiger charge is -2.11. The van der Waals surface area contributed by atoms with Crippen molar-refractivity contribution >= 4 is 17.3 Å². The number of nitro benzene ring substituents is 1. The third-order valence-corrected chi connectivity index (χ3v) is 2.91. The Bertz CT molecular complexity index is 404. The molecule has 0 radical (unpaired) electrons. The minimum absolute atomic E-state index is 0.0683. The van der Waals surface area contributed by atoms with Crippen LogP contribution in [0.3, 0.4) is 0 Å². The van der Waals surface area contributed by atoms with Gasteiger partial charge in [-0.15, -0.1) is 0 Å². The number of halogens is 1. The summed E-state index contributed by atoms with van der Waals surface area (Å²) in [6.07, 6.45) is 2.09. The Hall–Kier alpha value is -1.13. The van der Waals surface area contributed by atoms with Crippen LogP contribution in [0.1, 0.15) is 24.4 Å². The van der Waals surface area contributed by atoms with Gasteiger partial charge in [0.2, 0.25) is 0 Å². The number of rotatable bonds is 3. The van der Waals surface area contributed by atoms with Crippen molar-refractivity contribution in [1.29, 1.82) is 0 Å². The van der Waals surface area contributed by atoms with Gasteiger partial charge in [0.1, 0.15) is 0 Å². The molecule has 0 bridgehead atoms. The van der Waals surface area contributed by atoms with Gasteiger partial charge in [-0.1, -0.05) is 11.6 Å². The minimum Gasteiger partial charge on any atom is -0.324 e. The highest BCUT2D eigenvalue weighted by atomic mass is 35.5. The first-order valence-electron chi connectivity index (χ1n) is 4.79. The SMILES string of the molecule is N[C@H](c1cc(Cl)ccc1[N+](=O)[O-])C1CC1. The van der Waals surface area contributed by atoms with Crippen LogP contribution in [0.5, 0.6) is 0 Å². The maximum atomic E-state index is 10.8. The molecular formula is C10H11ClN2O2. The Morgan fingerprint density at radius 3 is 2.73 bits per heavy atom. The van der Waals surface area contributed by atoms with Crippen LogP contribution in [0, 0.1) is 16.0 Å². The van der Waals surface area contributed by atoms with Crippen LogP contribution in [-0.2, 0) is 0 Å². The summed E-state index contributed by atoms with van der Waals surface area (Å²) in [6, 6.07) is 4.27. The zero-order valence-corrected chi connectivity index (χ0v) is 8.78.